The Balaban J connectivity index is 2.25. The molecule has 0 fully saturated rings. The van der Waals surface area contributed by atoms with E-state index in [0.29, 0.717) is 0 Å². The van der Waals surface area contributed by atoms with Crippen molar-refractivity contribution >= 4 is 23.4 Å². The van der Waals surface area contributed by atoms with Crippen LogP contribution < -0.4 is 5.56 Å². The molecule has 0 saturated carbocycles. The Morgan fingerprint density at radius 2 is 1.86 bits per heavy atom. The SMILES string of the molecule is Cn1c(SCc2ccc(Cl)cc2)nc(C(C)(C)C)cc1=O. The molecule has 0 atom stereocenters. The van der Waals surface area contributed by atoms with E-state index in [2.05, 4.69) is 25.8 Å². The Kier molecular flexibility index (Phi) is 4.79. The highest BCUT2D eigenvalue weighted by molar-refractivity contribution is 7.98. The molecule has 0 aliphatic rings. The summed E-state index contributed by atoms with van der Waals surface area (Å²) in [7, 11) is 1.76. The van der Waals surface area contributed by atoms with Gasteiger partial charge in [0.05, 0.1) is 5.69 Å². The number of rotatable bonds is 3. The molecule has 1 aromatic heterocycles. The summed E-state index contributed by atoms with van der Waals surface area (Å²) in [5, 5.41) is 1.46. The smallest absolute Gasteiger partial charge is 0.254 e. The quantitative estimate of drug-likeness (QED) is 0.632. The van der Waals surface area contributed by atoms with Crippen LogP contribution in [0.2, 0.25) is 5.02 Å². The molecule has 0 spiro atoms. The van der Waals surface area contributed by atoms with Crippen LogP contribution in [-0.4, -0.2) is 9.55 Å². The van der Waals surface area contributed by atoms with Gasteiger partial charge in [0.1, 0.15) is 0 Å². The molecule has 0 amide bonds. The molecule has 3 nitrogen and oxygen atoms in total. The van der Waals surface area contributed by atoms with E-state index in [1.807, 2.05) is 24.3 Å². The van der Waals surface area contributed by atoms with Crippen molar-refractivity contribution in [1.29, 1.82) is 0 Å². The zero-order valence-corrected chi connectivity index (χ0v) is 14.3. The second-order valence-corrected chi connectivity index (χ2v) is 7.37. The molecule has 0 N–H and O–H groups in total. The predicted molar refractivity (Wildman–Crippen MR) is 89.2 cm³/mol. The van der Waals surface area contributed by atoms with Crippen molar-refractivity contribution in [2.45, 2.75) is 37.1 Å². The fourth-order valence-electron chi connectivity index (χ4n) is 1.76. The maximum Gasteiger partial charge on any atom is 0.254 e. The maximum absolute atomic E-state index is 12.1. The van der Waals surface area contributed by atoms with Gasteiger partial charge >= 0.3 is 0 Å². The average molecular weight is 323 g/mol. The van der Waals surface area contributed by atoms with E-state index in [9.17, 15) is 4.79 Å². The molecule has 2 aromatic rings. The number of hydrogen-bond donors (Lipinski definition) is 0. The molecule has 1 heterocycles. The van der Waals surface area contributed by atoms with Crippen molar-refractivity contribution in [3.05, 3.63) is 57.0 Å². The molecule has 5 heteroatoms. The summed E-state index contributed by atoms with van der Waals surface area (Å²) in [4.78, 5) is 16.7. The average Bonchev–Trinajstić information content (AvgIpc) is 2.41. The van der Waals surface area contributed by atoms with Gasteiger partial charge in [-0.1, -0.05) is 56.3 Å². The molecule has 0 unspecified atom stereocenters. The fourth-order valence-corrected chi connectivity index (χ4v) is 2.82. The summed E-state index contributed by atoms with van der Waals surface area (Å²) in [5.74, 6) is 0.755. The van der Waals surface area contributed by atoms with E-state index < -0.39 is 0 Å². The second-order valence-electron chi connectivity index (χ2n) is 5.99. The first-order chi connectivity index (χ1) is 9.77. The van der Waals surface area contributed by atoms with Gasteiger partial charge in [0.2, 0.25) is 0 Å². The monoisotopic (exact) mass is 322 g/mol. The van der Waals surface area contributed by atoms with E-state index in [1.54, 1.807) is 29.4 Å². The number of halogens is 1. The van der Waals surface area contributed by atoms with Gasteiger partial charge in [0, 0.05) is 29.3 Å². The van der Waals surface area contributed by atoms with Crippen LogP contribution in [0.1, 0.15) is 32.0 Å². The van der Waals surface area contributed by atoms with E-state index in [0.717, 1.165) is 27.2 Å². The van der Waals surface area contributed by atoms with Crippen LogP contribution in [0.15, 0.2) is 40.3 Å². The Hall–Kier alpha value is -1.26. The normalized spacial score (nSPS) is 11.7. The van der Waals surface area contributed by atoms with Crippen LogP contribution >= 0.6 is 23.4 Å². The van der Waals surface area contributed by atoms with Crippen LogP contribution in [0.3, 0.4) is 0 Å². The fraction of sp³-hybridized carbons (Fsp3) is 0.375. The van der Waals surface area contributed by atoms with Crippen molar-refractivity contribution in [3.63, 3.8) is 0 Å². The number of hydrogen-bond acceptors (Lipinski definition) is 3. The van der Waals surface area contributed by atoms with Gasteiger partial charge in [-0.2, -0.15) is 0 Å². The molecule has 0 aliphatic carbocycles. The third-order valence-electron chi connectivity index (χ3n) is 3.14. The topological polar surface area (TPSA) is 34.9 Å². The highest BCUT2D eigenvalue weighted by atomic mass is 35.5. The first kappa shape index (κ1) is 16.1. The molecule has 0 bridgehead atoms. The van der Waals surface area contributed by atoms with Gasteiger partial charge in [-0.25, -0.2) is 4.98 Å². The van der Waals surface area contributed by atoms with E-state index in [4.69, 9.17) is 11.6 Å². The van der Waals surface area contributed by atoms with Crippen molar-refractivity contribution < 1.29 is 0 Å². The summed E-state index contributed by atoms with van der Waals surface area (Å²) in [6.45, 7) is 6.17. The Morgan fingerprint density at radius 1 is 1.24 bits per heavy atom. The summed E-state index contributed by atoms with van der Waals surface area (Å²) in [5.41, 5.74) is 1.82. The minimum atomic E-state index is -0.136. The molecule has 0 aliphatic heterocycles. The number of nitrogens with zero attached hydrogens (tertiary/aromatic N) is 2. The number of thioether (sulfide) groups is 1. The molecule has 112 valence electrons. The zero-order valence-electron chi connectivity index (χ0n) is 12.7. The van der Waals surface area contributed by atoms with Gasteiger partial charge in [-0.3, -0.25) is 9.36 Å². The summed E-state index contributed by atoms with van der Waals surface area (Å²) in [6.07, 6.45) is 0. The highest BCUT2D eigenvalue weighted by Gasteiger charge is 2.18. The molecule has 1 aromatic carbocycles. The Morgan fingerprint density at radius 3 is 2.43 bits per heavy atom. The first-order valence-corrected chi connectivity index (χ1v) is 8.09. The highest BCUT2D eigenvalue weighted by Crippen LogP contribution is 2.24. The first-order valence-electron chi connectivity index (χ1n) is 6.73. The van der Waals surface area contributed by atoms with Crippen LogP contribution in [-0.2, 0) is 18.2 Å². The van der Waals surface area contributed by atoms with E-state index in [1.165, 1.54) is 0 Å². The molecule has 2 rings (SSSR count). The van der Waals surface area contributed by atoms with E-state index >= 15 is 0 Å². The Bertz CT molecular complexity index is 687. The van der Waals surface area contributed by atoms with Crippen LogP contribution in [0.25, 0.3) is 0 Å². The third-order valence-corrected chi connectivity index (χ3v) is 4.50. The van der Waals surface area contributed by atoms with Gasteiger partial charge in [-0.05, 0) is 17.7 Å². The molecule has 21 heavy (non-hydrogen) atoms. The minimum Gasteiger partial charge on any atom is -0.291 e. The lowest BCUT2D eigenvalue weighted by molar-refractivity contribution is 0.542. The molecule has 0 radical (unpaired) electrons. The standard InChI is InChI=1S/C16H19ClN2OS/c1-16(2,3)13-9-14(20)19(4)15(18-13)21-10-11-5-7-12(17)8-6-11/h5-9H,10H2,1-4H3. The van der Waals surface area contributed by atoms with Gasteiger partial charge in [0.25, 0.3) is 5.56 Å². The lowest BCUT2D eigenvalue weighted by Crippen LogP contribution is -2.25. The van der Waals surface area contributed by atoms with Crippen LogP contribution in [0.5, 0.6) is 0 Å². The van der Waals surface area contributed by atoms with Gasteiger partial charge < -0.3 is 0 Å². The van der Waals surface area contributed by atoms with Gasteiger partial charge in [-0.15, -0.1) is 0 Å². The van der Waals surface area contributed by atoms with E-state index in [-0.39, 0.29) is 11.0 Å². The lowest BCUT2D eigenvalue weighted by atomic mass is 9.92. The number of aromatic nitrogens is 2. The number of benzene rings is 1. The van der Waals surface area contributed by atoms with Crippen molar-refractivity contribution in [2.24, 2.45) is 7.05 Å². The summed E-state index contributed by atoms with van der Waals surface area (Å²) in [6, 6.07) is 9.33. The van der Waals surface area contributed by atoms with Crippen molar-refractivity contribution in [2.75, 3.05) is 0 Å². The maximum atomic E-state index is 12.1. The van der Waals surface area contributed by atoms with Gasteiger partial charge in [0.15, 0.2) is 5.16 Å². The van der Waals surface area contributed by atoms with Crippen molar-refractivity contribution in [3.8, 4) is 0 Å². The minimum absolute atomic E-state index is 0.0199. The largest absolute Gasteiger partial charge is 0.291 e. The Labute approximate surface area is 134 Å². The summed E-state index contributed by atoms with van der Waals surface area (Å²) < 4.78 is 1.59. The molecular formula is C16H19ClN2OS. The van der Waals surface area contributed by atoms with Crippen LogP contribution in [0, 0.1) is 0 Å². The lowest BCUT2D eigenvalue weighted by Gasteiger charge is -2.19. The molecular weight excluding hydrogens is 304 g/mol. The third kappa shape index (κ3) is 4.11. The van der Waals surface area contributed by atoms with Crippen molar-refractivity contribution in [1.82, 2.24) is 9.55 Å². The second kappa shape index (κ2) is 6.24. The zero-order chi connectivity index (χ0) is 15.6. The van der Waals surface area contributed by atoms with Crippen LogP contribution in [0.4, 0.5) is 0 Å². The predicted octanol–water partition coefficient (Wildman–Crippen LogP) is 4.02. The molecule has 0 saturated heterocycles. The summed E-state index contributed by atoms with van der Waals surface area (Å²) >= 11 is 7.44.